The van der Waals surface area contributed by atoms with Gasteiger partial charge in [0, 0.05) is 11.6 Å². The third-order valence-electron chi connectivity index (χ3n) is 4.18. The predicted molar refractivity (Wildman–Crippen MR) is 88.9 cm³/mol. The van der Waals surface area contributed by atoms with Gasteiger partial charge in [0.2, 0.25) is 0 Å². The van der Waals surface area contributed by atoms with Crippen molar-refractivity contribution in [2.24, 2.45) is 0 Å². The number of rotatable bonds is 3. The fourth-order valence-corrected chi connectivity index (χ4v) is 3.57. The van der Waals surface area contributed by atoms with Crippen molar-refractivity contribution < 1.29 is 4.79 Å². The molecule has 1 amide bonds. The van der Waals surface area contributed by atoms with Crippen LogP contribution in [0.25, 0.3) is 11.3 Å². The summed E-state index contributed by atoms with van der Waals surface area (Å²) < 4.78 is 3.98. The summed E-state index contributed by atoms with van der Waals surface area (Å²) in [5.41, 5.74) is 1.63. The molecule has 0 bridgehead atoms. The Kier molecular flexibility index (Phi) is 5.16. The van der Waals surface area contributed by atoms with Crippen molar-refractivity contribution in [1.82, 2.24) is 14.9 Å². The summed E-state index contributed by atoms with van der Waals surface area (Å²) in [5.74, 6) is -0.0283. The zero-order chi connectivity index (χ0) is 15.2. The largest absolute Gasteiger partial charge is 0.348 e. The molecule has 0 aliphatic heterocycles. The number of hydrogen-bond donors (Lipinski definition) is 1. The van der Waals surface area contributed by atoms with Crippen molar-refractivity contribution >= 4 is 17.4 Å². The van der Waals surface area contributed by atoms with Crippen LogP contribution in [0.3, 0.4) is 0 Å². The van der Waals surface area contributed by atoms with Crippen LogP contribution in [0.2, 0.25) is 0 Å². The van der Waals surface area contributed by atoms with E-state index in [4.69, 9.17) is 0 Å². The van der Waals surface area contributed by atoms with Crippen molar-refractivity contribution in [2.45, 2.75) is 51.0 Å². The lowest BCUT2D eigenvalue weighted by Crippen LogP contribution is -2.35. The average Bonchev–Trinajstić information content (AvgIpc) is 3.00. The van der Waals surface area contributed by atoms with Crippen LogP contribution >= 0.6 is 11.5 Å². The number of benzene rings is 1. The quantitative estimate of drug-likeness (QED) is 0.929. The molecule has 1 fully saturated rings. The summed E-state index contributed by atoms with van der Waals surface area (Å²) in [6, 6.07) is 10.1. The van der Waals surface area contributed by atoms with Crippen molar-refractivity contribution in [3.63, 3.8) is 0 Å². The van der Waals surface area contributed by atoms with E-state index in [1.54, 1.807) is 0 Å². The van der Waals surface area contributed by atoms with Crippen LogP contribution in [-0.2, 0) is 0 Å². The standard InChI is InChI=1S/C17H21N3OS/c21-17(18-14-11-7-2-1-3-8-12-14)16-15(19-20-22-16)13-9-5-4-6-10-13/h4-6,9-10,14H,1-3,7-8,11-12H2,(H,18,21). The molecule has 3 rings (SSSR count). The summed E-state index contributed by atoms with van der Waals surface area (Å²) in [6.07, 6.45) is 8.47. The molecule has 1 aliphatic rings. The van der Waals surface area contributed by atoms with E-state index >= 15 is 0 Å². The SMILES string of the molecule is O=C(NC1CCCCCCC1)c1snnc1-c1ccccc1. The Morgan fingerprint density at radius 1 is 1.05 bits per heavy atom. The third-order valence-corrected chi connectivity index (χ3v) is 4.91. The summed E-state index contributed by atoms with van der Waals surface area (Å²) in [4.78, 5) is 13.2. The number of carbonyl (C=O) groups is 1. The molecule has 1 aliphatic carbocycles. The first kappa shape index (κ1) is 15.2. The number of aromatic nitrogens is 2. The number of carbonyl (C=O) groups excluding carboxylic acids is 1. The van der Waals surface area contributed by atoms with Gasteiger partial charge in [0.05, 0.1) is 0 Å². The molecule has 0 spiro atoms. The zero-order valence-electron chi connectivity index (χ0n) is 12.6. The first-order valence-corrected chi connectivity index (χ1v) is 8.80. The molecule has 4 nitrogen and oxygen atoms in total. The lowest BCUT2D eigenvalue weighted by Gasteiger charge is -2.20. The molecule has 0 unspecified atom stereocenters. The third kappa shape index (κ3) is 3.71. The van der Waals surface area contributed by atoms with Gasteiger partial charge < -0.3 is 5.32 Å². The fraction of sp³-hybridized carbons (Fsp3) is 0.471. The van der Waals surface area contributed by atoms with Crippen LogP contribution in [0.4, 0.5) is 0 Å². The van der Waals surface area contributed by atoms with Crippen molar-refractivity contribution in [1.29, 1.82) is 0 Å². The molecule has 0 atom stereocenters. The van der Waals surface area contributed by atoms with Crippen LogP contribution in [0.15, 0.2) is 30.3 Å². The van der Waals surface area contributed by atoms with E-state index in [0.29, 0.717) is 16.6 Å². The van der Waals surface area contributed by atoms with Gasteiger partial charge in [-0.3, -0.25) is 4.79 Å². The molecule has 1 N–H and O–H groups in total. The summed E-state index contributed by atoms with van der Waals surface area (Å²) >= 11 is 1.18. The highest BCUT2D eigenvalue weighted by Crippen LogP contribution is 2.24. The predicted octanol–water partition coefficient (Wildman–Crippen LogP) is 4.05. The van der Waals surface area contributed by atoms with E-state index in [-0.39, 0.29) is 5.91 Å². The van der Waals surface area contributed by atoms with Gasteiger partial charge in [-0.25, -0.2) is 0 Å². The van der Waals surface area contributed by atoms with Gasteiger partial charge >= 0.3 is 0 Å². The van der Waals surface area contributed by atoms with Gasteiger partial charge in [0.15, 0.2) is 0 Å². The minimum atomic E-state index is -0.0283. The molecule has 1 saturated carbocycles. The van der Waals surface area contributed by atoms with Crippen molar-refractivity contribution in [3.05, 3.63) is 35.2 Å². The molecule has 5 heteroatoms. The molecular formula is C17H21N3OS. The van der Waals surface area contributed by atoms with E-state index in [9.17, 15) is 4.79 Å². The monoisotopic (exact) mass is 315 g/mol. The number of nitrogens with one attached hydrogen (secondary N) is 1. The molecule has 0 radical (unpaired) electrons. The van der Waals surface area contributed by atoms with Gasteiger partial charge in [0.1, 0.15) is 10.6 Å². The maximum absolute atomic E-state index is 12.6. The Bertz CT molecular complexity index is 603. The van der Waals surface area contributed by atoms with Crippen LogP contribution < -0.4 is 5.32 Å². The lowest BCUT2D eigenvalue weighted by molar-refractivity contribution is 0.0935. The summed E-state index contributed by atoms with van der Waals surface area (Å²) in [6.45, 7) is 0. The zero-order valence-corrected chi connectivity index (χ0v) is 13.4. The van der Waals surface area contributed by atoms with E-state index in [2.05, 4.69) is 14.9 Å². The molecular weight excluding hydrogens is 294 g/mol. The van der Waals surface area contributed by atoms with Gasteiger partial charge in [-0.1, -0.05) is 66.9 Å². The second kappa shape index (κ2) is 7.49. The fourth-order valence-electron chi connectivity index (χ4n) is 2.98. The average molecular weight is 315 g/mol. The van der Waals surface area contributed by atoms with Crippen LogP contribution in [0.1, 0.15) is 54.6 Å². The van der Waals surface area contributed by atoms with Crippen LogP contribution in [-0.4, -0.2) is 21.5 Å². The van der Waals surface area contributed by atoms with Crippen LogP contribution in [0.5, 0.6) is 0 Å². The number of amides is 1. The second-order valence-electron chi connectivity index (χ2n) is 5.83. The maximum atomic E-state index is 12.6. The lowest BCUT2D eigenvalue weighted by atomic mass is 9.96. The van der Waals surface area contributed by atoms with Crippen LogP contribution in [0, 0.1) is 0 Å². The highest BCUT2D eigenvalue weighted by atomic mass is 32.1. The Morgan fingerprint density at radius 3 is 2.45 bits per heavy atom. The first-order valence-electron chi connectivity index (χ1n) is 8.03. The smallest absolute Gasteiger partial charge is 0.265 e. The Morgan fingerprint density at radius 2 is 1.73 bits per heavy atom. The highest BCUT2D eigenvalue weighted by molar-refractivity contribution is 7.08. The number of nitrogens with zero attached hydrogens (tertiary/aromatic N) is 2. The molecule has 1 aromatic carbocycles. The molecule has 22 heavy (non-hydrogen) atoms. The molecule has 2 aromatic rings. The second-order valence-corrected chi connectivity index (χ2v) is 6.59. The Balaban J connectivity index is 1.71. The van der Waals surface area contributed by atoms with Crippen molar-refractivity contribution in [3.8, 4) is 11.3 Å². The van der Waals surface area contributed by atoms with E-state index < -0.39 is 0 Å². The molecule has 0 saturated heterocycles. The summed E-state index contributed by atoms with van der Waals surface area (Å²) in [5, 5.41) is 7.33. The minimum Gasteiger partial charge on any atom is -0.348 e. The minimum absolute atomic E-state index is 0.0283. The molecule has 116 valence electrons. The Labute approximate surface area is 135 Å². The molecule has 1 heterocycles. The van der Waals surface area contributed by atoms with Gasteiger partial charge in [-0.2, -0.15) is 0 Å². The van der Waals surface area contributed by atoms with E-state index in [1.165, 1.54) is 43.6 Å². The summed E-state index contributed by atoms with van der Waals surface area (Å²) in [7, 11) is 0. The van der Waals surface area contributed by atoms with Crippen molar-refractivity contribution in [2.75, 3.05) is 0 Å². The topological polar surface area (TPSA) is 54.9 Å². The molecule has 1 aromatic heterocycles. The Hall–Kier alpha value is -1.75. The van der Waals surface area contributed by atoms with E-state index in [1.807, 2.05) is 30.3 Å². The van der Waals surface area contributed by atoms with Gasteiger partial charge in [0.25, 0.3) is 5.91 Å². The van der Waals surface area contributed by atoms with Gasteiger partial charge in [-0.05, 0) is 24.4 Å². The first-order chi connectivity index (χ1) is 10.8. The normalized spacial score (nSPS) is 16.7. The maximum Gasteiger partial charge on any atom is 0.265 e. The number of hydrogen-bond acceptors (Lipinski definition) is 4. The van der Waals surface area contributed by atoms with Gasteiger partial charge in [-0.15, -0.1) is 5.10 Å². The van der Waals surface area contributed by atoms with E-state index in [0.717, 1.165) is 18.4 Å². The highest BCUT2D eigenvalue weighted by Gasteiger charge is 2.21.